The van der Waals surface area contributed by atoms with Gasteiger partial charge < -0.3 is 10.6 Å². The zero-order valence-corrected chi connectivity index (χ0v) is 14.1. The van der Waals surface area contributed by atoms with Crippen LogP contribution in [0.2, 0.25) is 0 Å². The summed E-state index contributed by atoms with van der Waals surface area (Å²) in [6, 6.07) is 13.2. The minimum Gasteiger partial charge on any atom is -0.332 e. The van der Waals surface area contributed by atoms with Crippen LogP contribution in [0.4, 0.5) is 11.4 Å². The summed E-state index contributed by atoms with van der Waals surface area (Å²) < 4.78 is 0.957. The lowest BCUT2D eigenvalue weighted by Gasteiger charge is -2.12. The van der Waals surface area contributed by atoms with Crippen molar-refractivity contribution in [1.29, 1.82) is 0 Å². The van der Waals surface area contributed by atoms with Gasteiger partial charge >= 0.3 is 0 Å². The number of carbonyl (C=O) groups excluding carboxylic acids is 1. The minimum absolute atomic E-state index is 0.0471. The number of rotatable bonds is 3. The number of hydrogen-bond acceptors (Lipinski definition) is 2. The normalized spacial score (nSPS) is 10.0. The molecule has 21 heavy (non-hydrogen) atoms. The number of aryl methyl sites for hydroxylation is 1. The highest BCUT2D eigenvalue weighted by atomic mass is 79.9. The maximum atomic E-state index is 11.2. The van der Waals surface area contributed by atoms with Crippen LogP contribution in [-0.2, 0) is 0 Å². The van der Waals surface area contributed by atoms with E-state index in [0.29, 0.717) is 10.7 Å². The zero-order chi connectivity index (χ0) is 15.4. The Kier molecular flexibility index (Phi) is 5.09. The molecule has 0 aromatic heterocycles. The van der Waals surface area contributed by atoms with Gasteiger partial charge in [0.25, 0.3) is 0 Å². The fraction of sp³-hybridized carbons (Fsp3) is 0.125. The van der Waals surface area contributed by atoms with Crippen LogP contribution >= 0.6 is 28.1 Å². The van der Waals surface area contributed by atoms with Gasteiger partial charge in [-0.15, -0.1) is 0 Å². The molecule has 3 nitrogen and oxygen atoms in total. The van der Waals surface area contributed by atoms with Gasteiger partial charge in [-0.05, 0) is 84.0 Å². The molecule has 2 aromatic rings. The van der Waals surface area contributed by atoms with E-state index in [1.165, 1.54) is 5.56 Å². The average molecular weight is 363 g/mol. The number of nitrogens with one attached hydrogen (secondary N) is 2. The fourth-order valence-corrected chi connectivity index (χ4v) is 2.61. The molecule has 0 amide bonds. The van der Waals surface area contributed by atoms with Crippen LogP contribution in [-0.4, -0.2) is 10.9 Å². The summed E-state index contributed by atoms with van der Waals surface area (Å²) in [6.07, 6.45) is 0. The third kappa shape index (κ3) is 4.37. The lowest BCUT2D eigenvalue weighted by Crippen LogP contribution is -2.19. The van der Waals surface area contributed by atoms with Crippen molar-refractivity contribution >= 4 is 50.4 Å². The molecule has 0 atom stereocenters. The molecule has 5 heteroatoms. The van der Waals surface area contributed by atoms with E-state index in [9.17, 15) is 4.79 Å². The first-order valence-corrected chi connectivity index (χ1v) is 7.61. The van der Waals surface area contributed by atoms with Crippen molar-refractivity contribution in [2.75, 3.05) is 10.6 Å². The molecule has 0 saturated heterocycles. The molecular weight excluding hydrogens is 348 g/mol. The van der Waals surface area contributed by atoms with Crippen LogP contribution < -0.4 is 10.6 Å². The Morgan fingerprint density at radius 2 is 1.76 bits per heavy atom. The third-order valence-corrected chi connectivity index (χ3v) is 3.78. The van der Waals surface area contributed by atoms with Gasteiger partial charge in [-0.3, -0.25) is 4.79 Å². The number of hydrogen-bond donors (Lipinski definition) is 2. The second-order valence-corrected chi connectivity index (χ2v) is 5.96. The van der Waals surface area contributed by atoms with Crippen molar-refractivity contribution in [2.45, 2.75) is 13.8 Å². The molecule has 0 saturated carbocycles. The van der Waals surface area contributed by atoms with Gasteiger partial charge in [0.1, 0.15) is 0 Å². The van der Waals surface area contributed by atoms with Crippen LogP contribution in [0.3, 0.4) is 0 Å². The molecule has 0 unspecified atom stereocenters. The van der Waals surface area contributed by atoms with Crippen LogP contribution in [0.5, 0.6) is 0 Å². The van der Waals surface area contributed by atoms with Gasteiger partial charge in [0, 0.05) is 15.7 Å². The standard InChI is InChI=1S/C16H15BrN2OS/c1-10-3-8-15(14(17)9-10)19-16(21)18-13-6-4-12(5-7-13)11(2)20/h3-9H,1-2H3,(H2,18,19,21). The average Bonchev–Trinajstić information content (AvgIpc) is 2.42. The van der Waals surface area contributed by atoms with E-state index in [-0.39, 0.29) is 5.78 Å². The molecular formula is C16H15BrN2OS. The molecule has 0 radical (unpaired) electrons. The molecule has 2 rings (SSSR count). The predicted octanol–water partition coefficient (Wildman–Crippen LogP) is 4.77. The maximum Gasteiger partial charge on any atom is 0.175 e. The Hall–Kier alpha value is -1.72. The van der Waals surface area contributed by atoms with Gasteiger partial charge in [-0.2, -0.15) is 0 Å². The smallest absolute Gasteiger partial charge is 0.175 e. The van der Waals surface area contributed by atoms with E-state index in [1.54, 1.807) is 19.1 Å². The number of Topliss-reactive ketones (excluding diaryl/α,β-unsaturated/α-hetero) is 1. The molecule has 0 fully saturated rings. The second-order valence-electron chi connectivity index (χ2n) is 4.70. The van der Waals surface area contributed by atoms with Crippen LogP contribution in [0.25, 0.3) is 0 Å². The Morgan fingerprint density at radius 3 is 2.33 bits per heavy atom. The zero-order valence-electron chi connectivity index (χ0n) is 11.7. The topological polar surface area (TPSA) is 41.1 Å². The van der Waals surface area contributed by atoms with E-state index in [1.807, 2.05) is 37.3 Å². The van der Waals surface area contributed by atoms with Gasteiger partial charge in [0.15, 0.2) is 10.9 Å². The summed E-state index contributed by atoms with van der Waals surface area (Å²) >= 11 is 8.78. The Balaban J connectivity index is 2.02. The van der Waals surface area contributed by atoms with Crippen LogP contribution in [0.1, 0.15) is 22.8 Å². The summed E-state index contributed by atoms with van der Waals surface area (Å²) in [6.45, 7) is 3.57. The van der Waals surface area contributed by atoms with Crippen molar-refractivity contribution in [3.63, 3.8) is 0 Å². The molecule has 0 spiro atoms. The van der Waals surface area contributed by atoms with Crippen LogP contribution in [0, 0.1) is 6.92 Å². The number of thiocarbonyl (C=S) groups is 1. The highest BCUT2D eigenvalue weighted by molar-refractivity contribution is 9.10. The quantitative estimate of drug-likeness (QED) is 0.609. The first-order valence-electron chi connectivity index (χ1n) is 6.41. The number of anilines is 2. The summed E-state index contributed by atoms with van der Waals surface area (Å²) in [5.74, 6) is 0.0471. The molecule has 2 aromatic carbocycles. The maximum absolute atomic E-state index is 11.2. The van der Waals surface area contributed by atoms with E-state index < -0.39 is 0 Å². The van der Waals surface area contributed by atoms with Gasteiger partial charge in [-0.1, -0.05) is 6.07 Å². The minimum atomic E-state index is 0.0471. The van der Waals surface area contributed by atoms with Crippen molar-refractivity contribution < 1.29 is 4.79 Å². The Morgan fingerprint density at radius 1 is 1.10 bits per heavy atom. The predicted molar refractivity (Wildman–Crippen MR) is 95.2 cm³/mol. The SMILES string of the molecule is CC(=O)c1ccc(NC(=S)Nc2ccc(C)cc2Br)cc1. The monoisotopic (exact) mass is 362 g/mol. The number of benzene rings is 2. The molecule has 0 aliphatic heterocycles. The first kappa shape index (κ1) is 15.7. The largest absolute Gasteiger partial charge is 0.332 e. The molecule has 108 valence electrons. The third-order valence-electron chi connectivity index (χ3n) is 2.92. The van der Waals surface area contributed by atoms with Crippen LogP contribution in [0.15, 0.2) is 46.9 Å². The van der Waals surface area contributed by atoms with E-state index in [2.05, 4.69) is 26.6 Å². The number of ketones is 1. The van der Waals surface area contributed by atoms with Crippen molar-refractivity contribution in [3.05, 3.63) is 58.1 Å². The highest BCUT2D eigenvalue weighted by Gasteiger charge is 2.04. The molecule has 0 heterocycles. The fourth-order valence-electron chi connectivity index (χ4n) is 1.79. The highest BCUT2D eigenvalue weighted by Crippen LogP contribution is 2.23. The summed E-state index contributed by atoms with van der Waals surface area (Å²) in [5, 5.41) is 6.71. The van der Waals surface area contributed by atoms with Gasteiger partial charge in [0.05, 0.1) is 5.69 Å². The van der Waals surface area contributed by atoms with E-state index in [0.717, 1.165) is 15.8 Å². The van der Waals surface area contributed by atoms with Gasteiger partial charge in [-0.25, -0.2) is 0 Å². The Bertz CT molecular complexity index is 683. The number of halogens is 1. The second kappa shape index (κ2) is 6.83. The molecule has 0 aliphatic carbocycles. The summed E-state index contributed by atoms with van der Waals surface area (Å²) in [7, 11) is 0. The number of carbonyl (C=O) groups is 1. The molecule has 0 bridgehead atoms. The Labute approximate surface area is 137 Å². The van der Waals surface area contributed by atoms with Crippen molar-refractivity contribution in [1.82, 2.24) is 0 Å². The molecule has 2 N–H and O–H groups in total. The summed E-state index contributed by atoms with van der Waals surface area (Å²) in [4.78, 5) is 11.2. The van der Waals surface area contributed by atoms with E-state index >= 15 is 0 Å². The molecule has 0 aliphatic rings. The lowest BCUT2D eigenvalue weighted by molar-refractivity contribution is 0.101. The van der Waals surface area contributed by atoms with Crippen molar-refractivity contribution in [3.8, 4) is 0 Å². The lowest BCUT2D eigenvalue weighted by atomic mass is 10.1. The van der Waals surface area contributed by atoms with Gasteiger partial charge in [0.2, 0.25) is 0 Å². The van der Waals surface area contributed by atoms with Crippen molar-refractivity contribution in [2.24, 2.45) is 0 Å². The van der Waals surface area contributed by atoms with E-state index in [4.69, 9.17) is 12.2 Å². The first-order chi connectivity index (χ1) is 9.95. The summed E-state index contributed by atoms with van der Waals surface area (Å²) in [5.41, 5.74) is 3.59.